The van der Waals surface area contributed by atoms with Crippen molar-refractivity contribution < 1.29 is 0 Å². The zero-order valence-corrected chi connectivity index (χ0v) is 10.8. The smallest absolute Gasteiger partial charge is 0.0128 e. The third-order valence-electron chi connectivity index (χ3n) is 2.69. The molecular weight excluding hydrogens is 172 g/mol. The molecule has 0 bridgehead atoms. The molecule has 0 aromatic carbocycles. The normalized spacial score (nSPS) is 14.8. The Morgan fingerprint density at radius 2 is 1.57 bits per heavy atom. The van der Waals surface area contributed by atoms with E-state index in [0.29, 0.717) is 5.41 Å². The maximum Gasteiger partial charge on any atom is 0.0128 e. The van der Waals surface area contributed by atoms with E-state index in [1.807, 2.05) is 0 Å². The molecule has 2 N–H and O–H groups in total. The first kappa shape index (κ1) is 13.9. The van der Waals surface area contributed by atoms with Gasteiger partial charge in [-0.3, -0.25) is 10.9 Å². The van der Waals surface area contributed by atoms with Crippen molar-refractivity contribution in [1.29, 1.82) is 0 Å². The summed E-state index contributed by atoms with van der Waals surface area (Å²) in [5, 5.41) is 0. The van der Waals surface area contributed by atoms with Crippen LogP contribution in [0.2, 0.25) is 0 Å². The lowest BCUT2D eigenvalue weighted by Crippen LogP contribution is -2.38. The number of nitrogens with one attached hydrogen (secondary N) is 2. The molecule has 2 nitrogen and oxygen atoms in total. The molecule has 1 unspecified atom stereocenters. The van der Waals surface area contributed by atoms with E-state index in [4.69, 9.17) is 0 Å². The van der Waals surface area contributed by atoms with Gasteiger partial charge in [0, 0.05) is 13.1 Å². The quantitative estimate of drug-likeness (QED) is 0.509. The van der Waals surface area contributed by atoms with Gasteiger partial charge in [-0.25, -0.2) is 0 Å². The van der Waals surface area contributed by atoms with Crippen molar-refractivity contribution in [3.05, 3.63) is 0 Å². The Hall–Kier alpha value is -0.0800. The maximum absolute atomic E-state index is 3.29. The summed E-state index contributed by atoms with van der Waals surface area (Å²) in [6.45, 7) is 15.7. The molecule has 14 heavy (non-hydrogen) atoms. The van der Waals surface area contributed by atoms with Crippen molar-refractivity contribution in [2.45, 2.75) is 48.0 Å². The molecule has 0 fully saturated rings. The monoisotopic (exact) mass is 200 g/mol. The predicted octanol–water partition coefficient (Wildman–Crippen LogP) is 2.81. The molecule has 0 aromatic heterocycles. The van der Waals surface area contributed by atoms with E-state index in [1.54, 1.807) is 0 Å². The molecule has 0 aliphatic rings. The lowest BCUT2D eigenvalue weighted by atomic mass is 9.92. The highest BCUT2D eigenvalue weighted by molar-refractivity contribution is 4.63. The molecule has 0 heterocycles. The second kappa shape index (κ2) is 6.41. The lowest BCUT2D eigenvalue weighted by molar-refractivity contribution is 0.328. The van der Waals surface area contributed by atoms with Crippen molar-refractivity contribution in [2.24, 2.45) is 17.3 Å². The third-order valence-corrected chi connectivity index (χ3v) is 2.69. The van der Waals surface area contributed by atoms with Gasteiger partial charge >= 0.3 is 0 Å². The maximum atomic E-state index is 3.29. The summed E-state index contributed by atoms with van der Waals surface area (Å²) in [7, 11) is 0. The Labute approximate surface area is 89.8 Å². The molecule has 86 valence electrons. The molecular formula is C12H28N2. The molecule has 0 aliphatic heterocycles. The average molecular weight is 200 g/mol. The van der Waals surface area contributed by atoms with Gasteiger partial charge in [-0.2, -0.15) is 0 Å². The molecule has 0 radical (unpaired) electrons. The SMILES string of the molecule is CC(C)C(C)CNNCCC(C)(C)C. The summed E-state index contributed by atoms with van der Waals surface area (Å²) >= 11 is 0. The Bertz CT molecular complexity index is 136. The number of hydrogen-bond donors (Lipinski definition) is 2. The molecule has 0 rings (SSSR count). The molecule has 0 saturated carbocycles. The highest BCUT2D eigenvalue weighted by atomic mass is 15.3. The molecule has 1 atom stereocenters. The Morgan fingerprint density at radius 3 is 2.00 bits per heavy atom. The summed E-state index contributed by atoms with van der Waals surface area (Å²) in [5.41, 5.74) is 7.00. The van der Waals surface area contributed by atoms with E-state index in [9.17, 15) is 0 Å². The van der Waals surface area contributed by atoms with Crippen LogP contribution in [0.4, 0.5) is 0 Å². The van der Waals surface area contributed by atoms with Crippen molar-refractivity contribution in [1.82, 2.24) is 10.9 Å². The van der Waals surface area contributed by atoms with E-state index >= 15 is 0 Å². The first-order valence-electron chi connectivity index (χ1n) is 5.78. The van der Waals surface area contributed by atoms with Crippen LogP contribution in [0.15, 0.2) is 0 Å². The molecule has 0 aliphatic carbocycles. The minimum absolute atomic E-state index is 0.429. The second-order valence-electron chi connectivity index (χ2n) is 5.84. The first-order chi connectivity index (χ1) is 6.33. The Balaban J connectivity index is 3.30. The molecule has 0 aromatic rings. The Morgan fingerprint density at radius 1 is 1.00 bits per heavy atom. The van der Waals surface area contributed by atoms with Crippen molar-refractivity contribution in [2.75, 3.05) is 13.1 Å². The van der Waals surface area contributed by atoms with E-state index in [0.717, 1.165) is 24.9 Å². The standard InChI is InChI=1S/C12H28N2/c1-10(2)11(3)9-14-13-8-7-12(4,5)6/h10-11,13-14H,7-9H2,1-6H3. The van der Waals surface area contributed by atoms with Crippen LogP contribution in [-0.2, 0) is 0 Å². The number of rotatable bonds is 6. The number of hydrazine groups is 1. The molecule has 2 heteroatoms. The van der Waals surface area contributed by atoms with Crippen molar-refractivity contribution in [3.8, 4) is 0 Å². The van der Waals surface area contributed by atoms with Gasteiger partial charge in [0.05, 0.1) is 0 Å². The van der Waals surface area contributed by atoms with Gasteiger partial charge in [-0.15, -0.1) is 0 Å². The van der Waals surface area contributed by atoms with Crippen LogP contribution < -0.4 is 10.9 Å². The van der Waals surface area contributed by atoms with Crippen LogP contribution in [0.1, 0.15) is 48.0 Å². The van der Waals surface area contributed by atoms with E-state index in [2.05, 4.69) is 52.4 Å². The summed E-state index contributed by atoms with van der Waals surface area (Å²) < 4.78 is 0. The van der Waals surface area contributed by atoms with Crippen LogP contribution >= 0.6 is 0 Å². The van der Waals surface area contributed by atoms with Gasteiger partial charge in [0.15, 0.2) is 0 Å². The average Bonchev–Trinajstić information content (AvgIpc) is 2.01. The Kier molecular flexibility index (Phi) is 6.38. The molecule has 0 saturated heterocycles. The van der Waals surface area contributed by atoms with E-state index in [1.165, 1.54) is 6.42 Å². The fourth-order valence-corrected chi connectivity index (χ4v) is 0.995. The fourth-order valence-electron chi connectivity index (χ4n) is 0.995. The first-order valence-corrected chi connectivity index (χ1v) is 5.78. The number of hydrogen-bond acceptors (Lipinski definition) is 2. The van der Waals surface area contributed by atoms with Crippen molar-refractivity contribution in [3.63, 3.8) is 0 Å². The van der Waals surface area contributed by atoms with Gasteiger partial charge < -0.3 is 0 Å². The summed E-state index contributed by atoms with van der Waals surface area (Å²) in [6, 6.07) is 0. The molecule has 0 spiro atoms. The van der Waals surface area contributed by atoms with Gasteiger partial charge in [0.1, 0.15) is 0 Å². The summed E-state index contributed by atoms with van der Waals surface area (Å²) in [4.78, 5) is 0. The van der Waals surface area contributed by atoms with Gasteiger partial charge in [-0.1, -0.05) is 41.5 Å². The minimum atomic E-state index is 0.429. The van der Waals surface area contributed by atoms with Crippen LogP contribution in [0.25, 0.3) is 0 Å². The van der Waals surface area contributed by atoms with Crippen LogP contribution in [-0.4, -0.2) is 13.1 Å². The van der Waals surface area contributed by atoms with Gasteiger partial charge in [0.25, 0.3) is 0 Å². The summed E-state index contributed by atoms with van der Waals surface area (Å²) in [6.07, 6.45) is 1.20. The predicted molar refractivity (Wildman–Crippen MR) is 64.1 cm³/mol. The lowest BCUT2D eigenvalue weighted by Gasteiger charge is -2.20. The highest BCUT2D eigenvalue weighted by Gasteiger charge is 2.09. The highest BCUT2D eigenvalue weighted by Crippen LogP contribution is 2.16. The largest absolute Gasteiger partial charge is 0.258 e. The van der Waals surface area contributed by atoms with Crippen molar-refractivity contribution >= 4 is 0 Å². The zero-order valence-electron chi connectivity index (χ0n) is 10.8. The minimum Gasteiger partial charge on any atom is -0.258 e. The van der Waals surface area contributed by atoms with E-state index in [-0.39, 0.29) is 0 Å². The van der Waals surface area contributed by atoms with Gasteiger partial charge in [-0.05, 0) is 23.7 Å². The van der Waals surface area contributed by atoms with Crippen LogP contribution in [0.3, 0.4) is 0 Å². The second-order valence-corrected chi connectivity index (χ2v) is 5.84. The fraction of sp³-hybridized carbons (Fsp3) is 1.00. The molecule has 0 amide bonds. The van der Waals surface area contributed by atoms with E-state index < -0.39 is 0 Å². The van der Waals surface area contributed by atoms with Gasteiger partial charge in [0.2, 0.25) is 0 Å². The topological polar surface area (TPSA) is 24.1 Å². The van der Waals surface area contributed by atoms with Crippen LogP contribution in [0, 0.1) is 17.3 Å². The zero-order chi connectivity index (χ0) is 11.2. The summed E-state index contributed by atoms with van der Waals surface area (Å²) in [5.74, 6) is 1.49. The third kappa shape index (κ3) is 8.52. The van der Waals surface area contributed by atoms with Crippen LogP contribution in [0.5, 0.6) is 0 Å².